The molecular formula is C21H27Cl2N4O4P. The Balaban J connectivity index is 1.80. The molecule has 11 heteroatoms. The Labute approximate surface area is 197 Å². The van der Waals surface area contributed by atoms with Crippen molar-refractivity contribution < 1.29 is 19.1 Å². The van der Waals surface area contributed by atoms with Gasteiger partial charge in [-0.05, 0) is 61.3 Å². The largest absolute Gasteiger partial charge is 0.417 e. The molecule has 0 radical (unpaired) electrons. The van der Waals surface area contributed by atoms with Crippen LogP contribution in [-0.4, -0.2) is 52.2 Å². The fourth-order valence-corrected chi connectivity index (χ4v) is 4.34. The summed E-state index contributed by atoms with van der Waals surface area (Å²) >= 11 is 12.1. The van der Waals surface area contributed by atoms with Gasteiger partial charge in [-0.3, -0.25) is 4.79 Å². The maximum atomic E-state index is 13.1. The summed E-state index contributed by atoms with van der Waals surface area (Å²) in [6.45, 7) is 2.62. The molecule has 1 atom stereocenters. The first-order chi connectivity index (χ1) is 15.1. The van der Waals surface area contributed by atoms with Crippen LogP contribution in [-0.2, 0) is 15.8 Å². The second kappa shape index (κ2) is 11.0. The van der Waals surface area contributed by atoms with Crippen molar-refractivity contribution in [2.75, 3.05) is 32.1 Å². The van der Waals surface area contributed by atoms with Gasteiger partial charge in [-0.25, -0.2) is 4.57 Å². The van der Waals surface area contributed by atoms with E-state index in [0.717, 1.165) is 37.1 Å². The molecule has 1 aliphatic rings. The average Bonchev–Trinajstić information content (AvgIpc) is 3.26. The summed E-state index contributed by atoms with van der Waals surface area (Å²) in [5.41, 5.74) is 4.66. The maximum absolute atomic E-state index is 13.1. The van der Waals surface area contributed by atoms with Crippen molar-refractivity contribution in [3.63, 3.8) is 0 Å². The lowest BCUT2D eigenvalue weighted by Crippen LogP contribution is -2.39. The van der Waals surface area contributed by atoms with Gasteiger partial charge in [-0.1, -0.05) is 41.4 Å². The molecule has 1 saturated heterocycles. The molecule has 1 heterocycles. The smallest absolute Gasteiger partial charge is 0.337 e. The van der Waals surface area contributed by atoms with Crippen LogP contribution in [0.5, 0.6) is 0 Å². The Hall–Kier alpha value is -1.64. The molecule has 0 aromatic heterocycles. The molecule has 2 aromatic carbocycles. The number of nitrogens with one attached hydrogen (secondary N) is 2. The van der Waals surface area contributed by atoms with Gasteiger partial charge in [0, 0.05) is 19.3 Å². The number of amides is 1. The van der Waals surface area contributed by atoms with Gasteiger partial charge in [-0.15, -0.1) is 5.20 Å². The van der Waals surface area contributed by atoms with Crippen molar-refractivity contribution in [3.05, 3.63) is 63.6 Å². The Morgan fingerprint density at radius 1 is 1.16 bits per heavy atom. The number of hydrogen-bond acceptors (Lipinski definition) is 4. The van der Waals surface area contributed by atoms with Crippen molar-refractivity contribution in [2.24, 2.45) is 0 Å². The topological polar surface area (TPSA) is 105 Å². The normalized spacial score (nSPS) is 15.5. The van der Waals surface area contributed by atoms with Crippen LogP contribution < -0.4 is 10.6 Å². The number of rotatable bonds is 9. The molecule has 8 nitrogen and oxygen atoms in total. The van der Waals surface area contributed by atoms with Crippen LogP contribution in [0.3, 0.4) is 0 Å². The minimum absolute atomic E-state index is 0.0701. The van der Waals surface area contributed by atoms with Gasteiger partial charge in [0.1, 0.15) is 0 Å². The Morgan fingerprint density at radius 3 is 2.53 bits per heavy atom. The summed E-state index contributed by atoms with van der Waals surface area (Å²) in [4.78, 5) is 35.3. The summed E-state index contributed by atoms with van der Waals surface area (Å²) in [6.07, 6.45) is 2.44. The first kappa shape index (κ1) is 25.0. The van der Waals surface area contributed by atoms with E-state index in [1.807, 2.05) is 11.3 Å². The van der Waals surface area contributed by atoms with Gasteiger partial charge in [0.25, 0.3) is 0 Å². The van der Waals surface area contributed by atoms with Crippen molar-refractivity contribution in [1.82, 2.24) is 15.0 Å². The highest BCUT2D eigenvalue weighted by molar-refractivity contribution is 7.49. The number of hydrazine groups is 1. The number of likely N-dealkylation sites (N-methyl/N-ethyl adjacent to an activating group) is 1. The summed E-state index contributed by atoms with van der Waals surface area (Å²) < 4.78 is 11.1. The third-order valence-corrected chi connectivity index (χ3v) is 6.59. The SMILES string of the molecule is CN(C(=O)Cc1ccc(Cl)c(Cl)c1)C(CN1CCCC1)c1cccc(NNP(=O)(O)O)c1. The molecule has 0 aliphatic carbocycles. The average molecular weight is 501 g/mol. The number of nitrogens with zero attached hydrogens (tertiary/aromatic N) is 2. The van der Waals surface area contributed by atoms with Crippen LogP contribution in [0.2, 0.25) is 10.0 Å². The van der Waals surface area contributed by atoms with Crippen LogP contribution in [0.25, 0.3) is 0 Å². The zero-order valence-electron chi connectivity index (χ0n) is 17.7. The third-order valence-electron chi connectivity index (χ3n) is 5.45. The quantitative estimate of drug-likeness (QED) is 0.306. The molecule has 1 unspecified atom stereocenters. The molecule has 0 spiro atoms. The van der Waals surface area contributed by atoms with Crippen LogP contribution >= 0.6 is 30.9 Å². The third kappa shape index (κ3) is 7.18. The Kier molecular flexibility index (Phi) is 8.58. The minimum atomic E-state index is -4.43. The molecule has 4 N–H and O–H groups in total. The lowest BCUT2D eigenvalue weighted by molar-refractivity contribution is -0.131. The van der Waals surface area contributed by atoms with Crippen molar-refractivity contribution in [3.8, 4) is 0 Å². The zero-order chi connectivity index (χ0) is 23.3. The van der Waals surface area contributed by atoms with E-state index >= 15 is 0 Å². The summed E-state index contributed by atoms with van der Waals surface area (Å²) in [5, 5.41) is 2.82. The van der Waals surface area contributed by atoms with Crippen LogP contribution in [0.4, 0.5) is 5.69 Å². The van der Waals surface area contributed by atoms with Crippen molar-refractivity contribution >= 4 is 42.5 Å². The number of hydrogen-bond donors (Lipinski definition) is 4. The van der Waals surface area contributed by atoms with Gasteiger partial charge in [0.2, 0.25) is 5.91 Å². The fraction of sp³-hybridized carbons (Fsp3) is 0.381. The summed E-state index contributed by atoms with van der Waals surface area (Å²) in [6, 6.07) is 12.1. The Bertz CT molecular complexity index is 998. The maximum Gasteiger partial charge on any atom is 0.417 e. The number of likely N-dealkylation sites (tertiary alicyclic amines) is 1. The lowest BCUT2D eigenvalue weighted by Gasteiger charge is -2.32. The van der Waals surface area contributed by atoms with E-state index in [4.69, 9.17) is 33.0 Å². The fourth-order valence-electron chi connectivity index (χ4n) is 3.75. The number of benzene rings is 2. The van der Waals surface area contributed by atoms with Crippen LogP contribution in [0.1, 0.15) is 30.0 Å². The van der Waals surface area contributed by atoms with Gasteiger partial charge in [0.15, 0.2) is 0 Å². The van der Waals surface area contributed by atoms with Crippen LogP contribution in [0.15, 0.2) is 42.5 Å². The number of carbonyl (C=O) groups excluding carboxylic acids is 1. The molecule has 2 aromatic rings. The molecule has 3 rings (SSSR count). The first-order valence-electron chi connectivity index (χ1n) is 10.2. The van der Waals surface area contributed by atoms with Gasteiger partial charge < -0.3 is 25.0 Å². The molecule has 1 amide bonds. The Morgan fingerprint density at radius 2 is 1.88 bits per heavy atom. The van der Waals surface area contributed by atoms with E-state index in [1.54, 1.807) is 48.3 Å². The molecule has 1 fully saturated rings. The number of carbonyl (C=O) groups is 1. The number of halogens is 2. The molecule has 32 heavy (non-hydrogen) atoms. The van der Waals surface area contributed by atoms with Crippen molar-refractivity contribution in [2.45, 2.75) is 25.3 Å². The standard InChI is InChI=1S/C21H27Cl2N4O4P/c1-26(21(28)12-15-7-8-18(22)19(23)11-15)20(14-27-9-2-3-10-27)16-5-4-6-17(13-16)24-25-32(29,30)31/h4-8,11,13,20,24H,2-3,9-10,12,14H2,1H3,(H3,25,29,30,31). The molecule has 0 saturated carbocycles. The highest BCUT2D eigenvalue weighted by Crippen LogP contribution is 2.30. The predicted octanol–water partition coefficient (Wildman–Crippen LogP) is 3.84. The number of anilines is 1. The predicted molar refractivity (Wildman–Crippen MR) is 127 cm³/mol. The van der Waals surface area contributed by atoms with Crippen LogP contribution in [0, 0.1) is 0 Å². The summed E-state index contributed by atoms with van der Waals surface area (Å²) in [7, 11) is -2.66. The van der Waals surface area contributed by atoms with Gasteiger partial charge in [0.05, 0.1) is 22.5 Å². The minimum Gasteiger partial charge on any atom is -0.337 e. The molecule has 1 aliphatic heterocycles. The highest BCUT2D eigenvalue weighted by Gasteiger charge is 2.26. The monoisotopic (exact) mass is 500 g/mol. The van der Waals surface area contributed by atoms with E-state index in [-0.39, 0.29) is 18.4 Å². The second-order valence-electron chi connectivity index (χ2n) is 7.86. The van der Waals surface area contributed by atoms with Gasteiger partial charge >= 0.3 is 7.75 Å². The van der Waals surface area contributed by atoms with E-state index < -0.39 is 7.75 Å². The van der Waals surface area contributed by atoms with E-state index in [0.29, 0.717) is 22.3 Å². The molecule has 0 bridgehead atoms. The second-order valence-corrected chi connectivity index (χ2v) is 9.99. The molecular weight excluding hydrogens is 474 g/mol. The highest BCUT2D eigenvalue weighted by atomic mass is 35.5. The van der Waals surface area contributed by atoms with Gasteiger partial charge in [-0.2, -0.15) is 0 Å². The van der Waals surface area contributed by atoms with E-state index in [2.05, 4.69) is 10.3 Å². The zero-order valence-corrected chi connectivity index (χ0v) is 20.1. The summed E-state index contributed by atoms with van der Waals surface area (Å²) in [5.74, 6) is -0.0701. The first-order valence-corrected chi connectivity index (χ1v) is 12.6. The van der Waals surface area contributed by atoms with E-state index in [1.165, 1.54) is 0 Å². The molecule has 174 valence electrons. The lowest BCUT2D eigenvalue weighted by atomic mass is 10.0. The van der Waals surface area contributed by atoms with E-state index in [9.17, 15) is 9.36 Å². The van der Waals surface area contributed by atoms with Crippen molar-refractivity contribution in [1.29, 1.82) is 0 Å².